The van der Waals surface area contributed by atoms with E-state index in [1.807, 2.05) is 6.92 Å². The number of rotatable bonds is 6. The van der Waals surface area contributed by atoms with Gasteiger partial charge in [-0.2, -0.15) is 0 Å². The molecule has 1 heterocycles. The number of aromatic nitrogens is 2. The van der Waals surface area contributed by atoms with Crippen LogP contribution in [0.4, 0.5) is 21.7 Å². The second-order valence-corrected chi connectivity index (χ2v) is 4.62. The third-order valence-corrected chi connectivity index (χ3v) is 3.00. The quantitative estimate of drug-likeness (QED) is 0.852. The molecule has 0 aliphatic rings. The third-order valence-electron chi connectivity index (χ3n) is 3.00. The molecule has 0 fully saturated rings. The van der Waals surface area contributed by atoms with E-state index in [-0.39, 0.29) is 5.82 Å². The SMILES string of the molecule is CCCNc1ncnc(Nc2cc(F)ccc2C)c1OC. The van der Waals surface area contributed by atoms with Gasteiger partial charge in [0, 0.05) is 12.2 Å². The number of hydrogen-bond donors (Lipinski definition) is 2. The van der Waals surface area contributed by atoms with Crippen molar-refractivity contribution in [2.24, 2.45) is 0 Å². The van der Waals surface area contributed by atoms with Crippen molar-refractivity contribution in [3.63, 3.8) is 0 Å². The van der Waals surface area contributed by atoms with Crippen LogP contribution in [0.3, 0.4) is 0 Å². The van der Waals surface area contributed by atoms with Gasteiger partial charge in [0.1, 0.15) is 12.1 Å². The van der Waals surface area contributed by atoms with Crippen LogP contribution in [-0.4, -0.2) is 23.6 Å². The monoisotopic (exact) mass is 290 g/mol. The van der Waals surface area contributed by atoms with E-state index in [1.165, 1.54) is 18.5 Å². The first-order chi connectivity index (χ1) is 10.2. The predicted molar refractivity (Wildman–Crippen MR) is 81.8 cm³/mol. The highest BCUT2D eigenvalue weighted by molar-refractivity contribution is 5.70. The van der Waals surface area contributed by atoms with E-state index < -0.39 is 0 Å². The van der Waals surface area contributed by atoms with Gasteiger partial charge >= 0.3 is 0 Å². The van der Waals surface area contributed by atoms with Gasteiger partial charge in [-0.25, -0.2) is 14.4 Å². The molecule has 0 aliphatic heterocycles. The molecule has 5 nitrogen and oxygen atoms in total. The number of halogens is 1. The van der Waals surface area contributed by atoms with E-state index in [1.54, 1.807) is 13.2 Å². The summed E-state index contributed by atoms with van der Waals surface area (Å²) in [5, 5.41) is 6.27. The first kappa shape index (κ1) is 15.0. The molecule has 6 heteroatoms. The largest absolute Gasteiger partial charge is 0.490 e. The molecular formula is C15H19FN4O. The first-order valence-corrected chi connectivity index (χ1v) is 6.81. The van der Waals surface area contributed by atoms with Gasteiger partial charge in [0.05, 0.1) is 7.11 Å². The molecule has 0 amide bonds. The van der Waals surface area contributed by atoms with Crippen molar-refractivity contribution in [3.8, 4) is 5.75 Å². The standard InChI is InChI=1S/C15H19FN4O/c1-4-7-17-14-13(21-3)15(19-9-18-14)20-12-8-11(16)6-5-10(12)2/h5-6,8-9H,4,7H2,1-3H3,(H2,17,18,19,20). The van der Waals surface area contributed by atoms with Crippen LogP contribution in [0.2, 0.25) is 0 Å². The first-order valence-electron chi connectivity index (χ1n) is 6.81. The molecule has 0 unspecified atom stereocenters. The van der Waals surface area contributed by atoms with E-state index in [0.717, 1.165) is 18.5 Å². The Morgan fingerprint density at radius 1 is 1.24 bits per heavy atom. The Hall–Kier alpha value is -2.37. The summed E-state index contributed by atoms with van der Waals surface area (Å²) in [5.74, 6) is 1.32. The Morgan fingerprint density at radius 3 is 2.71 bits per heavy atom. The highest BCUT2D eigenvalue weighted by Gasteiger charge is 2.13. The average Bonchev–Trinajstić information content (AvgIpc) is 2.49. The molecule has 0 aliphatic carbocycles. The van der Waals surface area contributed by atoms with Crippen LogP contribution in [0.15, 0.2) is 24.5 Å². The summed E-state index contributed by atoms with van der Waals surface area (Å²) in [4.78, 5) is 8.34. The van der Waals surface area contributed by atoms with Crippen molar-refractivity contribution >= 4 is 17.3 Å². The zero-order valence-electron chi connectivity index (χ0n) is 12.4. The van der Waals surface area contributed by atoms with Crippen LogP contribution >= 0.6 is 0 Å². The summed E-state index contributed by atoms with van der Waals surface area (Å²) in [5.41, 5.74) is 1.56. The Labute approximate surface area is 123 Å². The smallest absolute Gasteiger partial charge is 0.204 e. The van der Waals surface area contributed by atoms with Gasteiger partial charge in [-0.3, -0.25) is 0 Å². The van der Waals surface area contributed by atoms with E-state index in [0.29, 0.717) is 23.1 Å². The molecule has 0 saturated carbocycles. The normalized spacial score (nSPS) is 10.3. The van der Waals surface area contributed by atoms with Crippen LogP contribution < -0.4 is 15.4 Å². The van der Waals surface area contributed by atoms with Crippen molar-refractivity contribution in [1.29, 1.82) is 0 Å². The van der Waals surface area contributed by atoms with Crippen molar-refractivity contribution in [3.05, 3.63) is 35.9 Å². The van der Waals surface area contributed by atoms with Gasteiger partial charge in [-0.05, 0) is 31.0 Å². The second kappa shape index (κ2) is 6.88. The number of ether oxygens (including phenoxy) is 1. The van der Waals surface area contributed by atoms with Crippen molar-refractivity contribution in [1.82, 2.24) is 9.97 Å². The van der Waals surface area contributed by atoms with Gasteiger partial charge in [0.25, 0.3) is 0 Å². The minimum atomic E-state index is -0.305. The Bertz CT molecular complexity index is 619. The Balaban J connectivity index is 2.33. The molecule has 112 valence electrons. The van der Waals surface area contributed by atoms with Crippen LogP contribution in [-0.2, 0) is 0 Å². The molecular weight excluding hydrogens is 271 g/mol. The van der Waals surface area contributed by atoms with Gasteiger partial charge in [0.15, 0.2) is 11.6 Å². The number of nitrogens with zero attached hydrogens (tertiary/aromatic N) is 2. The molecule has 21 heavy (non-hydrogen) atoms. The molecule has 2 rings (SSSR count). The Morgan fingerprint density at radius 2 is 2.00 bits per heavy atom. The predicted octanol–water partition coefficient (Wildman–Crippen LogP) is 3.50. The number of nitrogens with one attached hydrogen (secondary N) is 2. The molecule has 0 spiro atoms. The lowest BCUT2D eigenvalue weighted by Crippen LogP contribution is -2.07. The maximum absolute atomic E-state index is 13.4. The highest BCUT2D eigenvalue weighted by atomic mass is 19.1. The van der Waals surface area contributed by atoms with Crippen molar-refractivity contribution in [2.75, 3.05) is 24.3 Å². The summed E-state index contributed by atoms with van der Waals surface area (Å²) in [7, 11) is 1.55. The number of methoxy groups -OCH3 is 1. The van der Waals surface area contributed by atoms with E-state index in [2.05, 4.69) is 27.5 Å². The summed E-state index contributed by atoms with van der Waals surface area (Å²) in [6, 6.07) is 4.56. The van der Waals surface area contributed by atoms with Gasteiger partial charge in [-0.15, -0.1) is 0 Å². The summed E-state index contributed by atoms with van der Waals surface area (Å²) in [6.45, 7) is 4.74. The fourth-order valence-electron chi connectivity index (χ4n) is 1.88. The molecule has 0 atom stereocenters. The number of aryl methyl sites for hydroxylation is 1. The minimum absolute atomic E-state index is 0.305. The maximum Gasteiger partial charge on any atom is 0.204 e. The van der Waals surface area contributed by atoms with E-state index in [9.17, 15) is 4.39 Å². The lowest BCUT2D eigenvalue weighted by molar-refractivity contribution is 0.415. The van der Waals surface area contributed by atoms with Crippen LogP contribution in [0, 0.1) is 12.7 Å². The number of benzene rings is 1. The molecule has 0 bridgehead atoms. The summed E-state index contributed by atoms with van der Waals surface area (Å²) < 4.78 is 18.7. The average molecular weight is 290 g/mol. The van der Waals surface area contributed by atoms with Gasteiger partial charge in [-0.1, -0.05) is 13.0 Å². The minimum Gasteiger partial charge on any atom is -0.490 e. The number of hydrogen-bond acceptors (Lipinski definition) is 5. The zero-order valence-corrected chi connectivity index (χ0v) is 12.4. The number of anilines is 3. The van der Waals surface area contributed by atoms with Gasteiger partial charge < -0.3 is 15.4 Å². The van der Waals surface area contributed by atoms with Crippen molar-refractivity contribution < 1.29 is 9.13 Å². The van der Waals surface area contributed by atoms with E-state index >= 15 is 0 Å². The molecule has 1 aromatic carbocycles. The topological polar surface area (TPSA) is 59.1 Å². The zero-order chi connectivity index (χ0) is 15.2. The Kier molecular flexibility index (Phi) is 4.92. The molecule has 2 aromatic rings. The third kappa shape index (κ3) is 3.59. The molecule has 2 N–H and O–H groups in total. The fourth-order valence-corrected chi connectivity index (χ4v) is 1.88. The van der Waals surface area contributed by atoms with Crippen LogP contribution in [0.25, 0.3) is 0 Å². The van der Waals surface area contributed by atoms with Crippen LogP contribution in [0.1, 0.15) is 18.9 Å². The fraction of sp³-hybridized carbons (Fsp3) is 0.333. The lowest BCUT2D eigenvalue weighted by Gasteiger charge is -2.15. The summed E-state index contributed by atoms with van der Waals surface area (Å²) in [6.07, 6.45) is 2.41. The maximum atomic E-state index is 13.4. The van der Waals surface area contributed by atoms with Crippen LogP contribution in [0.5, 0.6) is 5.75 Å². The van der Waals surface area contributed by atoms with E-state index in [4.69, 9.17) is 4.74 Å². The molecule has 0 saturated heterocycles. The summed E-state index contributed by atoms with van der Waals surface area (Å²) >= 11 is 0. The molecule has 0 radical (unpaired) electrons. The van der Waals surface area contributed by atoms with Gasteiger partial charge in [0.2, 0.25) is 5.75 Å². The second-order valence-electron chi connectivity index (χ2n) is 4.62. The molecule has 1 aromatic heterocycles. The lowest BCUT2D eigenvalue weighted by atomic mass is 10.2. The van der Waals surface area contributed by atoms with Crippen molar-refractivity contribution in [2.45, 2.75) is 20.3 Å². The highest BCUT2D eigenvalue weighted by Crippen LogP contribution is 2.32.